The smallest absolute Gasteiger partial charge is 0.337 e. The Kier molecular flexibility index (Phi) is 6.94. The molecule has 1 heterocycles. The number of nitrogens with two attached hydrogens (primary N) is 1. The van der Waals surface area contributed by atoms with Gasteiger partial charge in [0.05, 0.1) is 11.3 Å². The van der Waals surface area contributed by atoms with Crippen LogP contribution in [0.25, 0.3) is 0 Å². The first-order chi connectivity index (χ1) is 9.99. The van der Waals surface area contributed by atoms with Crippen molar-refractivity contribution in [2.75, 3.05) is 30.7 Å². The number of carboxylic acid groups (broad SMARTS) is 1. The highest BCUT2D eigenvalue weighted by atomic mass is 16.4. The highest BCUT2D eigenvalue weighted by molar-refractivity contribution is 5.96. The van der Waals surface area contributed by atoms with Crippen molar-refractivity contribution in [2.24, 2.45) is 0 Å². The van der Waals surface area contributed by atoms with Gasteiger partial charge in [-0.25, -0.2) is 9.78 Å². The van der Waals surface area contributed by atoms with E-state index in [2.05, 4.69) is 36.0 Å². The summed E-state index contributed by atoms with van der Waals surface area (Å²) in [5.74, 6) is -0.586. The number of rotatable bonds is 9. The highest BCUT2D eigenvalue weighted by Crippen LogP contribution is 2.21. The van der Waals surface area contributed by atoms with E-state index >= 15 is 0 Å². The Bertz CT molecular complexity index is 461. The standard InChI is InChI=1S/C15H26N4O2/c1-4-19(5-2)10-6-7-11(3)18-14-13(16)12(15(20)21)8-9-17-14/h8-9,11H,4-7,10,16H2,1-3H3,(H,17,18)(H,20,21). The molecule has 0 saturated carbocycles. The minimum atomic E-state index is -1.04. The summed E-state index contributed by atoms with van der Waals surface area (Å²) in [4.78, 5) is 17.5. The van der Waals surface area contributed by atoms with Gasteiger partial charge in [0.2, 0.25) is 0 Å². The predicted octanol–water partition coefficient (Wildman–Crippen LogP) is 2.28. The second-order valence-electron chi connectivity index (χ2n) is 5.14. The van der Waals surface area contributed by atoms with Gasteiger partial charge in [-0.1, -0.05) is 13.8 Å². The summed E-state index contributed by atoms with van der Waals surface area (Å²) in [5, 5.41) is 12.2. The van der Waals surface area contributed by atoms with Crippen LogP contribution in [0, 0.1) is 0 Å². The number of nitrogens with zero attached hydrogens (tertiary/aromatic N) is 2. The molecular weight excluding hydrogens is 268 g/mol. The molecule has 118 valence electrons. The van der Waals surface area contributed by atoms with Crippen LogP contribution < -0.4 is 11.1 Å². The van der Waals surface area contributed by atoms with Crippen molar-refractivity contribution in [1.29, 1.82) is 0 Å². The van der Waals surface area contributed by atoms with Crippen LogP contribution in [0.5, 0.6) is 0 Å². The molecule has 21 heavy (non-hydrogen) atoms. The van der Waals surface area contributed by atoms with Crippen molar-refractivity contribution in [3.63, 3.8) is 0 Å². The van der Waals surface area contributed by atoms with E-state index in [0.717, 1.165) is 32.5 Å². The largest absolute Gasteiger partial charge is 0.478 e. The molecule has 1 unspecified atom stereocenters. The Morgan fingerprint density at radius 1 is 1.48 bits per heavy atom. The Hall–Kier alpha value is -1.82. The van der Waals surface area contributed by atoms with Gasteiger partial charge in [0.25, 0.3) is 0 Å². The van der Waals surface area contributed by atoms with Crippen LogP contribution >= 0.6 is 0 Å². The Morgan fingerprint density at radius 3 is 2.71 bits per heavy atom. The summed E-state index contributed by atoms with van der Waals surface area (Å²) < 4.78 is 0. The topological polar surface area (TPSA) is 91.5 Å². The second kappa shape index (κ2) is 8.46. The average Bonchev–Trinajstić information content (AvgIpc) is 2.45. The molecule has 0 bridgehead atoms. The van der Waals surface area contributed by atoms with E-state index in [4.69, 9.17) is 10.8 Å². The van der Waals surface area contributed by atoms with Crippen molar-refractivity contribution >= 4 is 17.5 Å². The molecule has 0 aliphatic rings. The molecule has 1 rings (SSSR count). The maximum absolute atomic E-state index is 11.0. The zero-order valence-corrected chi connectivity index (χ0v) is 13.1. The van der Waals surface area contributed by atoms with E-state index in [0.29, 0.717) is 5.82 Å². The fourth-order valence-corrected chi connectivity index (χ4v) is 2.24. The monoisotopic (exact) mass is 294 g/mol. The summed E-state index contributed by atoms with van der Waals surface area (Å²) in [6, 6.07) is 1.60. The molecule has 0 radical (unpaired) electrons. The number of nitrogens with one attached hydrogen (secondary N) is 1. The molecule has 1 atom stereocenters. The number of aromatic nitrogens is 1. The van der Waals surface area contributed by atoms with Crippen LogP contribution in [-0.4, -0.2) is 46.6 Å². The summed E-state index contributed by atoms with van der Waals surface area (Å²) in [6.07, 6.45) is 3.52. The summed E-state index contributed by atoms with van der Waals surface area (Å²) in [5.41, 5.74) is 6.12. The number of aromatic carboxylic acids is 1. The number of hydrogen-bond donors (Lipinski definition) is 3. The average molecular weight is 294 g/mol. The fourth-order valence-electron chi connectivity index (χ4n) is 2.24. The molecule has 0 aliphatic heterocycles. The molecule has 6 heteroatoms. The third-order valence-corrected chi connectivity index (χ3v) is 3.61. The van der Waals surface area contributed by atoms with E-state index in [1.54, 1.807) is 0 Å². The van der Waals surface area contributed by atoms with Crippen molar-refractivity contribution < 1.29 is 9.90 Å². The van der Waals surface area contributed by atoms with Gasteiger partial charge in [0.1, 0.15) is 5.82 Å². The number of hydrogen-bond acceptors (Lipinski definition) is 5. The lowest BCUT2D eigenvalue weighted by molar-refractivity contribution is 0.0698. The Labute approximate surface area is 126 Å². The number of anilines is 2. The second-order valence-corrected chi connectivity index (χ2v) is 5.14. The maximum atomic E-state index is 11.0. The molecule has 0 saturated heterocycles. The Balaban J connectivity index is 2.53. The van der Waals surface area contributed by atoms with Crippen LogP contribution in [0.4, 0.5) is 11.5 Å². The first kappa shape index (κ1) is 17.2. The Morgan fingerprint density at radius 2 is 2.14 bits per heavy atom. The highest BCUT2D eigenvalue weighted by Gasteiger charge is 2.13. The van der Waals surface area contributed by atoms with E-state index in [1.165, 1.54) is 12.3 Å². The third kappa shape index (κ3) is 5.23. The van der Waals surface area contributed by atoms with Gasteiger partial charge in [-0.2, -0.15) is 0 Å². The van der Waals surface area contributed by atoms with Gasteiger partial charge >= 0.3 is 5.97 Å². The van der Waals surface area contributed by atoms with Gasteiger partial charge < -0.3 is 21.1 Å². The van der Waals surface area contributed by atoms with Crippen LogP contribution in [-0.2, 0) is 0 Å². The maximum Gasteiger partial charge on any atom is 0.337 e. The van der Waals surface area contributed by atoms with E-state index in [9.17, 15) is 4.79 Å². The lowest BCUT2D eigenvalue weighted by atomic mass is 10.1. The number of pyridine rings is 1. The van der Waals surface area contributed by atoms with Gasteiger partial charge in [0.15, 0.2) is 0 Å². The lowest BCUT2D eigenvalue weighted by Gasteiger charge is -2.20. The van der Waals surface area contributed by atoms with Crippen molar-refractivity contribution in [2.45, 2.75) is 39.7 Å². The van der Waals surface area contributed by atoms with E-state index in [1.807, 2.05) is 0 Å². The van der Waals surface area contributed by atoms with E-state index < -0.39 is 5.97 Å². The zero-order chi connectivity index (χ0) is 15.8. The number of carbonyl (C=O) groups is 1. The minimum absolute atomic E-state index is 0.0860. The van der Waals surface area contributed by atoms with Crippen molar-refractivity contribution in [3.05, 3.63) is 17.8 Å². The fraction of sp³-hybridized carbons (Fsp3) is 0.600. The number of carboxylic acids is 1. The lowest BCUT2D eigenvalue weighted by Crippen LogP contribution is -2.26. The molecule has 1 aromatic rings. The molecule has 0 amide bonds. The van der Waals surface area contributed by atoms with E-state index in [-0.39, 0.29) is 17.3 Å². The molecule has 0 fully saturated rings. The minimum Gasteiger partial charge on any atom is -0.478 e. The first-order valence-electron chi connectivity index (χ1n) is 7.46. The number of nitrogen functional groups attached to an aromatic ring is 1. The SMILES string of the molecule is CCN(CC)CCCC(C)Nc1nccc(C(=O)O)c1N. The van der Waals surface area contributed by atoms with Crippen LogP contribution in [0.3, 0.4) is 0 Å². The molecule has 6 nitrogen and oxygen atoms in total. The van der Waals surface area contributed by atoms with Gasteiger partial charge in [-0.3, -0.25) is 0 Å². The summed E-state index contributed by atoms with van der Waals surface area (Å²) in [6.45, 7) is 9.56. The molecule has 0 aromatic carbocycles. The van der Waals surface area contributed by atoms with Crippen LogP contribution in [0.15, 0.2) is 12.3 Å². The van der Waals surface area contributed by atoms with Gasteiger partial charge in [-0.15, -0.1) is 0 Å². The van der Waals surface area contributed by atoms with Crippen molar-refractivity contribution in [3.8, 4) is 0 Å². The molecular formula is C15H26N4O2. The predicted molar refractivity (Wildman–Crippen MR) is 85.7 cm³/mol. The molecule has 1 aromatic heterocycles. The quantitative estimate of drug-likeness (QED) is 0.647. The van der Waals surface area contributed by atoms with Crippen LogP contribution in [0.1, 0.15) is 44.0 Å². The molecule has 0 aliphatic carbocycles. The van der Waals surface area contributed by atoms with Gasteiger partial charge in [-0.05, 0) is 45.5 Å². The molecule has 4 N–H and O–H groups in total. The van der Waals surface area contributed by atoms with Gasteiger partial charge in [0, 0.05) is 12.2 Å². The third-order valence-electron chi connectivity index (χ3n) is 3.61. The summed E-state index contributed by atoms with van der Waals surface area (Å²) >= 11 is 0. The van der Waals surface area contributed by atoms with Crippen LogP contribution in [0.2, 0.25) is 0 Å². The first-order valence-corrected chi connectivity index (χ1v) is 7.46. The zero-order valence-electron chi connectivity index (χ0n) is 13.1. The molecule has 0 spiro atoms. The van der Waals surface area contributed by atoms with Crippen molar-refractivity contribution in [1.82, 2.24) is 9.88 Å². The summed E-state index contributed by atoms with van der Waals surface area (Å²) in [7, 11) is 0. The normalized spacial score (nSPS) is 12.4.